The van der Waals surface area contributed by atoms with Gasteiger partial charge in [0.15, 0.2) is 6.10 Å². The van der Waals surface area contributed by atoms with Gasteiger partial charge in [-0.3, -0.25) is 14.9 Å². The second-order valence-electron chi connectivity index (χ2n) is 6.69. The molecule has 1 amide bonds. The number of benzene rings is 3. The van der Waals surface area contributed by atoms with E-state index in [-0.39, 0.29) is 16.9 Å². The number of ether oxygens (including phenoxy) is 1. The summed E-state index contributed by atoms with van der Waals surface area (Å²) in [4.78, 5) is 35.7. The zero-order valence-electron chi connectivity index (χ0n) is 17.0. The van der Waals surface area contributed by atoms with Crippen LogP contribution in [0.5, 0.6) is 0 Å². The first-order valence-corrected chi connectivity index (χ1v) is 9.53. The summed E-state index contributed by atoms with van der Waals surface area (Å²) in [6, 6.07) is 20.8. The van der Waals surface area contributed by atoms with Crippen molar-refractivity contribution < 1.29 is 19.2 Å². The van der Waals surface area contributed by atoms with Gasteiger partial charge >= 0.3 is 5.97 Å². The molecule has 0 aromatic heterocycles. The Kier molecular flexibility index (Phi) is 6.61. The molecule has 0 aliphatic heterocycles. The summed E-state index contributed by atoms with van der Waals surface area (Å²) in [6.45, 7) is 1.44. The van der Waals surface area contributed by atoms with E-state index in [1.807, 2.05) is 42.5 Å². The van der Waals surface area contributed by atoms with Gasteiger partial charge in [-0.15, -0.1) is 0 Å². The Morgan fingerprint density at radius 3 is 2.32 bits per heavy atom. The number of nitrogens with one attached hydrogen (secondary N) is 2. The lowest BCUT2D eigenvalue weighted by molar-refractivity contribution is -0.384. The standard InChI is InChI=1S/C23H21N3O5/c1-15(31-23(28)17-12-13-20(24-2)21(14-17)26(29)30)22(27)25-19-11-7-6-10-18(19)16-8-4-3-5-9-16/h3-15,24H,1-2H3,(H,25,27)/t15-/m0/s1. The maximum atomic E-state index is 12.6. The third-order valence-corrected chi connectivity index (χ3v) is 4.62. The molecular formula is C23H21N3O5. The first kappa shape index (κ1) is 21.5. The molecule has 0 unspecified atom stereocenters. The third kappa shape index (κ3) is 5.05. The summed E-state index contributed by atoms with van der Waals surface area (Å²) in [5.41, 5.74) is 2.33. The Morgan fingerprint density at radius 1 is 0.968 bits per heavy atom. The van der Waals surface area contributed by atoms with Crippen LogP contribution in [0.15, 0.2) is 72.8 Å². The van der Waals surface area contributed by atoms with Gasteiger partial charge in [0.2, 0.25) is 0 Å². The Labute approximate surface area is 179 Å². The number of nitro benzene ring substituents is 1. The number of para-hydroxylation sites is 1. The van der Waals surface area contributed by atoms with Crippen molar-refractivity contribution in [1.29, 1.82) is 0 Å². The molecule has 0 heterocycles. The predicted octanol–water partition coefficient (Wildman–Crippen LogP) is 4.49. The lowest BCUT2D eigenvalue weighted by atomic mass is 10.0. The second-order valence-corrected chi connectivity index (χ2v) is 6.69. The summed E-state index contributed by atoms with van der Waals surface area (Å²) in [5, 5.41) is 16.7. The van der Waals surface area contributed by atoms with Crippen molar-refractivity contribution in [2.75, 3.05) is 17.7 Å². The first-order valence-electron chi connectivity index (χ1n) is 9.53. The van der Waals surface area contributed by atoms with Gasteiger partial charge in [0.1, 0.15) is 5.69 Å². The smallest absolute Gasteiger partial charge is 0.339 e. The minimum absolute atomic E-state index is 0.0185. The lowest BCUT2D eigenvalue weighted by Gasteiger charge is -2.16. The van der Waals surface area contributed by atoms with Crippen molar-refractivity contribution in [3.8, 4) is 11.1 Å². The summed E-state index contributed by atoms with van der Waals surface area (Å²) in [6.07, 6.45) is -1.11. The van der Waals surface area contributed by atoms with Crippen LogP contribution in [0.1, 0.15) is 17.3 Å². The topological polar surface area (TPSA) is 111 Å². The van der Waals surface area contributed by atoms with E-state index < -0.39 is 22.9 Å². The molecule has 0 bridgehead atoms. The maximum Gasteiger partial charge on any atom is 0.339 e. The van der Waals surface area contributed by atoms with Crippen LogP contribution in [-0.4, -0.2) is 30.0 Å². The van der Waals surface area contributed by atoms with E-state index in [2.05, 4.69) is 10.6 Å². The number of hydrogen-bond acceptors (Lipinski definition) is 6. The van der Waals surface area contributed by atoms with Gasteiger partial charge in [-0.05, 0) is 30.7 Å². The van der Waals surface area contributed by atoms with Gasteiger partial charge < -0.3 is 15.4 Å². The van der Waals surface area contributed by atoms with Gasteiger partial charge in [-0.25, -0.2) is 4.79 Å². The van der Waals surface area contributed by atoms with Gasteiger partial charge in [0.05, 0.1) is 10.5 Å². The van der Waals surface area contributed by atoms with Crippen LogP contribution in [0, 0.1) is 10.1 Å². The molecule has 158 valence electrons. The molecule has 0 saturated carbocycles. The number of esters is 1. The minimum Gasteiger partial charge on any atom is -0.449 e. The number of nitrogens with zero attached hydrogens (tertiary/aromatic N) is 1. The number of carbonyl (C=O) groups is 2. The Morgan fingerprint density at radius 2 is 1.65 bits per heavy atom. The molecule has 3 aromatic rings. The van der Waals surface area contributed by atoms with Crippen molar-refractivity contribution in [2.24, 2.45) is 0 Å². The molecule has 0 fully saturated rings. The van der Waals surface area contributed by atoms with Crippen LogP contribution in [0.3, 0.4) is 0 Å². The summed E-state index contributed by atoms with van der Waals surface area (Å²) >= 11 is 0. The fourth-order valence-electron chi connectivity index (χ4n) is 3.00. The maximum absolute atomic E-state index is 12.6. The lowest BCUT2D eigenvalue weighted by Crippen LogP contribution is -2.30. The van der Waals surface area contributed by atoms with Crippen LogP contribution in [0.2, 0.25) is 0 Å². The predicted molar refractivity (Wildman–Crippen MR) is 118 cm³/mol. The fraction of sp³-hybridized carbons (Fsp3) is 0.130. The molecule has 1 atom stereocenters. The minimum atomic E-state index is -1.11. The van der Waals surface area contributed by atoms with E-state index in [1.54, 1.807) is 19.2 Å². The number of nitro groups is 1. The molecule has 0 spiro atoms. The molecule has 8 nitrogen and oxygen atoms in total. The SMILES string of the molecule is CNc1ccc(C(=O)O[C@@H](C)C(=O)Nc2ccccc2-c2ccccc2)cc1[N+](=O)[O-]. The summed E-state index contributed by atoms with van der Waals surface area (Å²) in [7, 11) is 1.54. The average Bonchev–Trinajstić information content (AvgIpc) is 2.79. The van der Waals surface area contributed by atoms with Gasteiger partial charge in [0.25, 0.3) is 11.6 Å². The molecule has 0 saturated heterocycles. The second kappa shape index (κ2) is 9.53. The van der Waals surface area contributed by atoms with Gasteiger partial charge in [-0.2, -0.15) is 0 Å². The highest BCUT2D eigenvalue weighted by molar-refractivity contribution is 6.00. The molecule has 3 aromatic carbocycles. The highest BCUT2D eigenvalue weighted by atomic mass is 16.6. The quantitative estimate of drug-likeness (QED) is 0.332. The number of hydrogen-bond donors (Lipinski definition) is 2. The normalized spacial score (nSPS) is 11.3. The van der Waals surface area contributed by atoms with E-state index in [4.69, 9.17) is 4.74 Å². The van der Waals surface area contributed by atoms with Gasteiger partial charge in [-0.1, -0.05) is 48.5 Å². The monoisotopic (exact) mass is 419 g/mol. The zero-order chi connectivity index (χ0) is 22.4. The Bertz CT molecular complexity index is 1120. The Balaban J connectivity index is 1.73. The number of rotatable bonds is 7. The molecule has 31 heavy (non-hydrogen) atoms. The van der Waals surface area contributed by atoms with Crippen LogP contribution in [0.4, 0.5) is 17.1 Å². The molecule has 8 heteroatoms. The average molecular weight is 419 g/mol. The molecule has 2 N–H and O–H groups in total. The Hall–Kier alpha value is -4.20. The van der Waals surface area contributed by atoms with E-state index in [1.165, 1.54) is 19.1 Å². The largest absolute Gasteiger partial charge is 0.449 e. The van der Waals surface area contributed by atoms with Crippen molar-refractivity contribution in [1.82, 2.24) is 0 Å². The van der Waals surface area contributed by atoms with Crippen LogP contribution in [-0.2, 0) is 9.53 Å². The van der Waals surface area contributed by atoms with Crippen molar-refractivity contribution in [3.05, 3.63) is 88.5 Å². The van der Waals surface area contributed by atoms with Crippen molar-refractivity contribution in [2.45, 2.75) is 13.0 Å². The molecular weight excluding hydrogens is 398 g/mol. The molecule has 3 rings (SSSR count). The van der Waals surface area contributed by atoms with E-state index >= 15 is 0 Å². The highest BCUT2D eigenvalue weighted by Crippen LogP contribution is 2.28. The number of carbonyl (C=O) groups excluding carboxylic acids is 2. The summed E-state index contributed by atoms with van der Waals surface area (Å²) < 4.78 is 5.23. The highest BCUT2D eigenvalue weighted by Gasteiger charge is 2.22. The zero-order valence-corrected chi connectivity index (χ0v) is 17.0. The van der Waals surface area contributed by atoms with E-state index in [0.717, 1.165) is 17.2 Å². The fourth-order valence-corrected chi connectivity index (χ4v) is 3.00. The first-order chi connectivity index (χ1) is 14.9. The summed E-state index contributed by atoms with van der Waals surface area (Å²) in [5.74, 6) is -1.34. The molecule has 0 radical (unpaired) electrons. The van der Waals surface area contributed by atoms with Crippen molar-refractivity contribution >= 4 is 28.9 Å². The van der Waals surface area contributed by atoms with Crippen molar-refractivity contribution in [3.63, 3.8) is 0 Å². The van der Waals surface area contributed by atoms with Gasteiger partial charge in [0, 0.05) is 24.4 Å². The van der Waals surface area contributed by atoms with E-state index in [9.17, 15) is 19.7 Å². The van der Waals surface area contributed by atoms with Crippen LogP contribution >= 0.6 is 0 Å². The van der Waals surface area contributed by atoms with Crippen LogP contribution < -0.4 is 10.6 Å². The third-order valence-electron chi connectivity index (χ3n) is 4.62. The van der Waals surface area contributed by atoms with E-state index in [0.29, 0.717) is 5.69 Å². The molecule has 0 aliphatic rings. The van der Waals surface area contributed by atoms with Crippen LogP contribution in [0.25, 0.3) is 11.1 Å². The number of anilines is 2. The molecule has 0 aliphatic carbocycles. The number of amides is 1.